The van der Waals surface area contributed by atoms with Crippen molar-refractivity contribution in [2.75, 3.05) is 5.32 Å². The molecule has 0 saturated carbocycles. The molecule has 0 bridgehead atoms. The molecule has 0 unspecified atom stereocenters. The maximum absolute atomic E-state index is 13.0. The number of hydrogen-bond donors (Lipinski definition) is 2. The number of carboxylic acid groups (broad SMARTS) is 1. The fourth-order valence-electron chi connectivity index (χ4n) is 3.29. The van der Waals surface area contributed by atoms with Gasteiger partial charge in [-0.25, -0.2) is 4.79 Å². The highest BCUT2D eigenvalue weighted by molar-refractivity contribution is 6.37. The van der Waals surface area contributed by atoms with E-state index in [9.17, 15) is 14.7 Å². The van der Waals surface area contributed by atoms with E-state index in [0.717, 1.165) is 16.7 Å². The van der Waals surface area contributed by atoms with Crippen molar-refractivity contribution in [3.8, 4) is 11.1 Å². The molecule has 142 valence electrons. The predicted molar refractivity (Wildman–Crippen MR) is 112 cm³/mol. The third kappa shape index (κ3) is 3.78. The summed E-state index contributed by atoms with van der Waals surface area (Å²) in [6, 6.07) is 16.6. The van der Waals surface area contributed by atoms with Gasteiger partial charge in [0.1, 0.15) is 0 Å². The van der Waals surface area contributed by atoms with Crippen molar-refractivity contribution < 1.29 is 14.7 Å². The Morgan fingerprint density at radius 3 is 2.07 bits per heavy atom. The van der Waals surface area contributed by atoms with Crippen LogP contribution in [-0.4, -0.2) is 17.0 Å². The zero-order valence-electron chi connectivity index (χ0n) is 15.8. The molecule has 3 aromatic carbocycles. The summed E-state index contributed by atoms with van der Waals surface area (Å²) in [5, 5.41) is 12.6. The van der Waals surface area contributed by atoms with Crippen LogP contribution in [0, 0.1) is 20.8 Å². The number of rotatable bonds is 4. The number of nitrogens with one attached hydrogen (secondary N) is 1. The Labute approximate surface area is 168 Å². The number of aromatic carboxylic acids is 1. The second-order valence-electron chi connectivity index (χ2n) is 6.73. The second-order valence-corrected chi connectivity index (χ2v) is 7.11. The highest BCUT2D eigenvalue weighted by Gasteiger charge is 2.19. The van der Waals surface area contributed by atoms with Gasteiger partial charge in [-0.3, -0.25) is 4.79 Å². The lowest BCUT2D eigenvalue weighted by Gasteiger charge is -2.16. The Balaban J connectivity index is 2.01. The monoisotopic (exact) mass is 393 g/mol. The number of carbonyl (C=O) groups is 2. The molecule has 0 heterocycles. The van der Waals surface area contributed by atoms with E-state index in [0.29, 0.717) is 27.4 Å². The molecule has 2 N–H and O–H groups in total. The first kappa shape index (κ1) is 19.6. The Hall–Kier alpha value is -3.11. The molecule has 4 nitrogen and oxygen atoms in total. The Bertz CT molecular complexity index is 1050. The lowest BCUT2D eigenvalue weighted by atomic mass is 9.98. The molecule has 0 fully saturated rings. The molecule has 0 aliphatic rings. The number of benzene rings is 3. The van der Waals surface area contributed by atoms with Gasteiger partial charge in [0.15, 0.2) is 0 Å². The molecular weight excluding hydrogens is 374 g/mol. The molecule has 0 atom stereocenters. The van der Waals surface area contributed by atoms with E-state index < -0.39 is 5.97 Å². The van der Waals surface area contributed by atoms with Crippen molar-refractivity contribution in [3.63, 3.8) is 0 Å². The average molecular weight is 394 g/mol. The van der Waals surface area contributed by atoms with E-state index in [1.165, 1.54) is 12.1 Å². The third-order valence-electron chi connectivity index (χ3n) is 4.68. The molecule has 0 aromatic heterocycles. The molecule has 0 aliphatic heterocycles. The Kier molecular flexibility index (Phi) is 5.52. The van der Waals surface area contributed by atoms with Crippen molar-refractivity contribution in [3.05, 3.63) is 87.4 Å². The van der Waals surface area contributed by atoms with Crippen molar-refractivity contribution in [2.45, 2.75) is 20.8 Å². The molecular formula is C23H20ClNO3. The summed E-state index contributed by atoms with van der Waals surface area (Å²) in [5.41, 5.74) is 4.99. The van der Waals surface area contributed by atoms with E-state index in [-0.39, 0.29) is 11.5 Å². The van der Waals surface area contributed by atoms with E-state index in [1.807, 2.05) is 49.4 Å². The molecule has 1 amide bonds. The first-order valence-electron chi connectivity index (χ1n) is 8.80. The zero-order chi connectivity index (χ0) is 20.4. The molecule has 0 spiro atoms. The maximum atomic E-state index is 13.0. The van der Waals surface area contributed by atoms with Gasteiger partial charge in [0.25, 0.3) is 5.91 Å². The van der Waals surface area contributed by atoms with E-state index in [4.69, 9.17) is 11.6 Å². The van der Waals surface area contributed by atoms with Crippen molar-refractivity contribution in [1.29, 1.82) is 0 Å². The minimum absolute atomic E-state index is 0.159. The SMILES string of the molecule is Cc1ccc(-c2ccccc2)c(Cl)c1NC(=O)c1c(C)cc(C(=O)O)cc1C. The number of anilines is 1. The summed E-state index contributed by atoms with van der Waals surface area (Å²) < 4.78 is 0. The molecule has 0 saturated heterocycles. The van der Waals surface area contributed by atoms with Crippen LogP contribution in [0.1, 0.15) is 37.4 Å². The van der Waals surface area contributed by atoms with E-state index >= 15 is 0 Å². The number of amides is 1. The molecule has 28 heavy (non-hydrogen) atoms. The second kappa shape index (κ2) is 7.87. The summed E-state index contributed by atoms with van der Waals surface area (Å²) in [6.07, 6.45) is 0. The number of halogens is 1. The smallest absolute Gasteiger partial charge is 0.335 e. The average Bonchev–Trinajstić information content (AvgIpc) is 2.65. The van der Waals surface area contributed by atoms with Gasteiger partial charge in [-0.05, 0) is 55.2 Å². The maximum Gasteiger partial charge on any atom is 0.335 e. The summed E-state index contributed by atoms with van der Waals surface area (Å²) >= 11 is 6.63. The first-order valence-corrected chi connectivity index (χ1v) is 9.17. The molecule has 3 rings (SSSR count). The first-order chi connectivity index (χ1) is 13.3. The molecule has 5 heteroatoms. The highest BCUT2D eigenvalue weighted by atomic mass is 35.5. The number of aryl methyl sites for hydroxylation is 3. The van der Waals surface area contributed by atoms with Crippen LogP contribution in [0.5, 0.6) is 0 Å². The lowest BCUT2D eigenvalue weighted by molar-refractivity contribution is 0.0696. The van der Waals surface area contributed by atoms with Gasteiger partial charge in [0, 0.05) is 11.1 Å². The Morgan fingerprint density at radius 1 is 0.893 bits per heavy atom. The van der Waals surface area contributed by atoms with Crippen molar-refractivity contribution in [1.82, 2.24) is 0 Å². The number of carbonyl (C=O) groups excluding carboxylic acids is 1. The summed E-state index contributed by atoms with van der Waals surface area (Å²) in [7, 11) is 0. The summed E-state index contributed by atoms with van der Waals surface area (Å²) in [6.45, 7) is 5.33. The fourth-order valence-corrected chi connectivity index (χ4v) is 3.66. The largest absolute Gasteiger partial charge is 0.478 e. The topological polar surface area (TPSA) is 66.4 Å². The number of hydrogen-bond acceptors (Lipinski definition) is 2. The normalized spacial score (nSPS) is 10.6. The zero-order valence-corrected chi connectivity index (χ0v) is 16.6. The minimum atomic E-state index is -1.02. The van der Waals surface area contributed by atoms with Gasteiger partial charge < -0.3 is 10.4 Å². The minimum Gasteiger partial charge on any atom is -0.478 e. The van der Waals surface area contributed by atoms with Gasteiger partial charge >= 0.3 is 5.97 Å². The van der Waals surface area contributed by atoms with Crippen LogP contribution in [-0.2, 0) is 0 Å². The van der Waals surface area contributed by atoms with Crippen LogP contribution in [0.25, 0.3) is 11.1 Å². The van der Waals surface area contributed by atoms with E-state index in [2.05, 4.69) is 5.32 Å². The molecule has 0 radical (unpaired) electrons. The van der Waals surface area contributed by atoms with Gasteiger partial charge in [0.2, 0.25) is 0 Å². The highest BCUT2D eigenvalue weighted by Crippen LogP contribution is 2.36. The standard InChI is InChI=1S/C23H20ClNO3/c1-13-9-10-18(16-7-5-4-6-8-16)20(24)21(13)25-22(26)19-14(2)11-17(23(27)28)12-15(19)3/h4-12H,1-3H3,(H,25,26)(H,27,28). The van der Waals surface area contributed by atoms with Crippen LogP contribution in [0.4, 0.5) is 5.69 Å². The molecule has 0 aliphatic carbocycles. The molecule has 3 aromatic rings. The summed E-state index contributed by atoms with van der Waals surface area (Å²) in [5.74, 6) is -1.34. The van der Waals surface area contributed by atoms with Crippen LogP contribution in [0.15, 0.2) is 54.6 Å². The van der Waals surface area contributed by atoms with Crippen LogP contribution in [0.2, 0.25) is 5.02 Å². The van der Waals surface area contributed by atoms with Gasteiger partial charge in [-0.15, -0.1) is 0 Å². The third-order valence-corrected chi connectivity index (χ3v) is 5.07. The van der Waals surface area contributed by atoms with E-state index in [1.54, 1.807) is 13.8 Å². The van der Waals surface area contributed by atoms with Gasteiger partial charge in [0.05, 0.1) is 16.3 Å². The predicted octanol–water partition coefficient (Wildman–Crippen LogP) is 5.88. The summed E-state index contributed by atoms with van der Waals surface area (Å²) in [4.78, 5) is 24.2. The Morgan fingerprint density at radius 2 is 1.50 bits per heavy atom. The fraction of sp³-hybridized carbons (Fsp3) is 0.130. The number of carboxylic acids is 1. The van der Waals surface area contributed by atoms with Gasteiger partial charge in [-0.1, -0.05) is 54.1 Å². The lowest BCUT2D eigenvalue weighted by Crippen LogP contribution is -2.17. The van der Waals surface area contributed by atoms with Crippen LogP contribution < -0.4 is 5.32 Å². The van der Waals surface area contributed by atoms with Crippen molar-refractivity contribution in [2.24, 2.45) is 0 Å². The van der Waals surface area contributed by atoms with Crippen LogP contribution >= 0.6 is 11.6 Å². The quantitative estimate of drug-likeness (QED) is 0.581. The van der Waals surface area contributed by atoms with Crippen molar-refractivity contribution >= 4 is 29.2 Å². The van der Waals surface area contributed by atoms with Gasteiger partial charge in [-0.2, -0.15) is 0 Å². The van der Waals surface area contributed by atoms with Crippen LogP contribution in [0.3, 0.4) is 0 Å².